The summed E-state index contributed by atoms with van der Waals surface area (Å²) in [6.45, 7) is 1.78. The Hall–Kier alpha value is -2.62. The highest BCUT2D eigenvalue weighted by Crippen LogP contribution is 2.31. The van der Waals surface area contributed by atoms with Crippen molar-refractivity contribution in [3.05, 3.63) is 29.8 Å². The standard InChI is InChI=1S/C16H17F3N4O3/c1-20-13(24)14(25)23(15(20)26)10-21-5-7-22(8-6-21)12-4-2-3-11(9-12)16(17,18)19/h2-4,9H,5-8,10H2,1H3. The van der Waals surface area contributed by atoms with Crippen LogP contribution in [0.3, 0.4) is 0 Å². The first-order valence-corrected chi connectivity index (χ1v) is 7.96. The maximum atomic E-state index is 12.8. The molecule has 0 unspecified atom stereocenters. The first-order chi connectivity index (χ1) is 12.2. The van der Waals surface area contributed by atoms with Gasteiger partial charge < -0.3 is 4.90 Å². The largest absolute Gasteiger partial charge is 0.416 e. The molecule has 1 aromatic carbocycles. The number of nitrogens with zero attached hydrogens (tertiary/aromatic N) is 4. The van der Waals surface area contributed by atoms with Gasteiger partial charge in [-0.3, -0.25) is 19.4 Å². The van der Waals surface area contributed by atoms with Crippen molar-refractivity contribution in [1.82, 2.24) is 14.7 Å². The third kappa shape index (κ3) is 3.36. The second-order valence-electron chi connectivity index (χ2n) is 6.17. The molecule has 0 spiro atoms. The monoisotopic (exact) mass is 370 g/mol. The third-order valence-electron chi connectivity index (χ3n) is 4.50. The van der Waals surface area contributed by atoms with Crippen molar-refractivity contribution in [2.45, 2.75) is 6.18 Å². The SMILES string of the molecule is CN1C(=O)C(=O)N(CN2CCN(c3cccc(C(F)(F)F)c3)CC2)C1=O. The van der Waals surface area contributed by atoms with E-state index in [1.165, 1.54) is 13.1 Å². The number of amides is 4. The fraction of sp³-hybridized carbons (Fsp3) is 0.438. The molecule has 0 aliphatic carbocycles. The number of rotatable bonds is 3. The molecule has 0 atom stereocenters. The second-order valence-corrected chi connectivity index (χ2v) is 6.17. The lowest BCUT2D eigenvalue weighted by molar-refractivity contribution is -0.143. The average Bonchev–Trinajstić information content (AvgIpc) is 2.80. The van der Waals surface area contributed by atoms with E-state index in [0.29, 0.717) is 31.9 Å². The highest BCUT2D eigenvalue weighted by molar-refractivity contribution is 6.44. The normalized spacial score (nSPS) is 19.7. The van der Waals surface area contributed by atoms with Gasteiger partial charge in [0.2, 0.25) is 0 Å². The molecular formula is C16H17F3N4O3. The van der Waals surface area contributed by atoms with Crippen LogP contribution in [0.4, 0.5) is 23.7 Å². The lowest BCUT2D eigenvalue weighted by Crippen LogP contribution is -2.51. The number of carbonyl (C=O) groups excluding carboxylic acids is 3. The first kappa shape index (κ1) is 18.2. The van der Waals surface area contributed by atoms with Crippen LogP contribution in [0.5, 0.6) is 0 Å². The van der Waals surface area contributed by atoms with E-state index in [0.717, 1.165) is 21.9 Å². The number of hydrogen-bond donors (Lipinski definition) is 0. The van der Waals surface area contributed by atoms with Crippen LogP contribution in [0.25, 0.3) is 0 Å². The molecule has 140 valence electrons. The summed E-state index contributed by atoms with van der Waals surface area (Å²) < 4.78 is 38.5. The minimum Gasteiger partial charge on any atom is -0.369 e. The van der Waals surface area contributed by atoms with E-state index in [1.807, 2.05) is 9.80 Å². The van der Waals surface area contributed by atoms with Gasteiger partial charge in [0.25, 0.3) is 0 Å². The van der Waals surface area contributed by atoms with Crippen molar-refractivity contribution < 1.29 is 27.6 Å². The lowest BCUT2D eigenvalue weighted by Gasteiger charge is -2.37. The van der Waals surface area contributed by atoms with Crippen LogP contribution < -0.4 is 4.90 Å². The molecule has 0 N–H and O–H groups in total. The van der Waals surface area contributed by atoms with Crippen LogP contribution >= 0.6 is 0 Å². The van der Waals surface area contributed by atoms with Crippen LogP contribution in [0.15, 0.2) is 24.3 Å². The number of carbonyl (C=O) groups is 3. The van der Waals surface area contributed by atoms with Gasteiger partial charge in [0.05, 0.1) is 12.2 Å². The number of imide groups is 2. The van der Waals surface area contributed by atoms with Crippen molar-refractivity contribution in [3.63, 3.8) is 0 Å². The molecule has 0 radical (unpaired) electrons. The topological polar surface area (TPSA) is 64.2 Å². The number of likely N-dealkylation sites (N-methyl/N-ethyl adjacent to an activating group) is 1. The maximum absolute atomic E-state index is 12.8. The summed E-state index contributed by atoms with van der Waals surface area (Å²) >= 11 is 0. The molecule has 7 nitrogen and oxygen atoms in total. The fourth-order valence-electron chi connectivity index (χ4n) is 2.96. The summed E-state index contributed by atoms with van der Waals surface area (Å²) in [5.74, 6) is -1.73. The number of urea groups is 1. The van der Waals surface area contributed by atoms with Crippen molar-refractivity contribution in [1.29, 1.82) is 0 Å². The summed E-state index contributed by atoms with van der Waals surface area (Å²) in [6, 6.07) is 4.45. The molecule has 2 fully saturated rings. The van der Waals surface area contributed by atoms with Crippen LogP contribution in [0.2, 0.25) is 0 Å². The van der Waals surface area contributed by atoms with Gasteiger partial charge in [0.1, 0.15) is 0 Å². The van der Waals surface area contributed by atoms with Crippen LogP contribution in [-0.4, -0.2) is 72.4 Å². The van der Waals surface area contributed by atoms with Crippen molar-refractivity contribution >= 4 is 23.5 Å². The van der Waals surface area contributed by atoms with Gasteiger partial charge in [0.15, 0.2) is 0 Å². The minimum atomic E-state index is -4.40. The minimum absolute atomic E-state index is 0.00974. The summed E-state index contributed by atoms with van der Waals surface area (Å²) in [4.78, 5) is 40.5. The number of benzene rings is 1. The molecule has 10 heteroatoms. The molecular weight excluding hydrogens is 353 g/mol. The van der Waals surface area contributed by atoms with Gasteiger partial charge in [-0.1, -0.05) is 6.07 Å². The highest BCUT2D eigenvalue weighted by atomic mass is 19.4. The van der Waals surface area contributed by atoms with Crippen LogP contribution in [-0.2, 0) is 15.8 Å². The summed E-state index contributed by atoms with van der Waals surface area (Å²) in [6.07, 6.45) is -4.40. The van der Waals surface area contributed by atoms with E-state index in [9.17, 15) is 27.6 Å². The number of anilines is 1. The summed E-state index contributed by atoms with van der Waals surface area (Å²) in [5.41, 5.74) is -0.227. The number of halogens is 3. The van der Waals surface area contributed by atoms with E-state index in [-0.39, 0.29) is 6.67 Å². The first-order valence-electron chi connectivity index (χ1n) is 7.96. The molecule has 0 aromatic heterocycles. The molecule has 2 aliphatic heterocycles. The molecule has 2 heterocycles. The summed E-state index contributed by atoms with van der Waals surface area (Å²) in [7, 11) is 1.24. The molecule has 26 heavy (non-hydrogen) atoms. The lowest BCUT2D eigenvalue weighted by atomic mass is 10.1. The zero-order valence-electron chi connectivity index (χ0n) is 14.0. The highest BCUT2D eigenvalue weighted by Gasteiger charge is 2.43. The van der Waals surface area contributed by atoms with Gasteiger partial charge in [0, 0.05) is 38.9 Å². The zero-order valence-corrected chi connectivity index (χ0v) is 14.0. The predicted octanol–water partition coefficient (Wildman–Crippen LogP) is 1.21. The summed E-state index contributed by atoms with van der Waals surface area (Å²) in [5, 5.41) is 0. The van der Waals surface area contributed by atoms with E-state index in [2.05, 4.69) is 0 Å². The number of hydrogen-bond acceptors (Lipinski definition) is 5. The van der Waals surface area contributed by atoms with Gasteiger partial charge in [-0.05, 0) is 18.2 Å². The Labute approximate surface area is 147 Å². The number of piperazine rings is 1. The third-order valence-corrected chi connectivity index (χ3v) is 4.50. The smallest absolute Gasteiger partial charge is 0.369 e. The second kappa shape index (κ2) is 6.60. The predicted molar refractivity (Wildman–Crippen MR) is 85.1 cm³/mol. The Morgan fingerprint density at radius 2 is 1.65 bits per heavy atom. The van der Waals surface area contributed by atoms with Crippen molar-refractivity contribution in [2.24, 2.45) is 0 Å². The quantitative estimate of drug-likeness (QED) is 0.591. The Morgan fingerprint density at radius 1 is 1.00 bits per heavy atom. The molecule has 4 amide bonds. The zero-order chi connectivity index (χ0) is 19.1. The molecule has 0 bridgehead atoms. The van der Waals surface area contributed by atoms with Gasteiger partial charge in [-0.25, -0.2) is 9.69 Å². The molecule has 0 saturated carbocycles. The maximum Gasteiger partial charge on any atom is 0.416 e. The van der Waals surface area contributed by atoms with Crippen molar-refractivity contribution in [2.75, 3.05) is 44.8 Å². The Kier molecular flexibility index (Phi) is 4.61. The van der Waals surface area contributed by atoms with Gasteiger partial charge >= 0.3 is 24.0 Å². The van der Waals surface area contributed by atoms with E-state index < -0.39 is 29.6 Å². The van der Waals surface area contributed by atoms with Crippen LogP contribution in [0, 0.1) is 0 Å². The molecule has 2 aliphatic rings. The Bertz CT molecular complexity index is 745. The van der Waals surface area contributed by atoms with Crippen molar-refractivity contribution in [3.8, 4) is 0 Å². The molecule has 2 saturated heterocycles. The number of alkyl halides is 3. The molecule has 3 rings (SSSR count). The Morgan fingerprint density at radius 3 is 2.19 bits per heavy atom. The van der Waals surface area contributed by atoms with Gasteiger partial charge in [-0.15, -0.1) is 0 Å². The Balaban J connectivity index is 1.61. The van der Waals surface area contributed by atoms with E-state index in [4.69, 9.17) is 0 Å². The molecule has 1 aromatic rings. The van der Waals surface area contributed by atoms with E-state index in [1.54, 1.807) is 6.07 Å². The van der Waals surface area contributed by atoms with E-state index >= 15 is 0 Å². The van der Waals surface area contributed by atoms with Gasteiger partial charge in [-0.2, -0.15) is 13.2 Å². The average molecular weight is 370 g/mol. The fourth-order valence-corrected chi connectivity index (χ4v) is 2.96. The van der Waals surface area contributed by atoms with Crippen LogP contribution in [0.1, 0.15) is 5.56 Å².